The molecule has 0 atom stereocenters. The van der Waals surface area contributed by atoms with E-state index in [1.54, 1.807) is 67.6 Å². The first-order valence-corrected chi connectivity index (χ1v) is 10.3. The van der Waals surface area contributed by atoms with Crippen LogP contribution in [0.2, 0.25) is 5.02 Å². The summed E-state index contributed by atoms with van der Waals surface area (Å²) in [5.41, 5.74) is 1.96. The van der Waals surface area contributed by atoms with Gasteiger partial charge in [-0.2, -0.15) is 0 Å². The van der Waals surface area contributed by atoms with E-state index in [4.69, 9.17) is 23.8 Å². The molecule has 0 saturated carbocycles. The Hall–Kier alpha value is -3.42. The number of thiocarbonyl (C=S) groups is 1. The predicted molar refractivity (Wildman–Crippen MR) is 124 cm³/mol. The lowest BCUT2D eigenvalue weighted by Gasteiger charge is -2.36. The van der Waals surface area contributed by atoms with Gasteiger partial charge in [-0.05, 0) is 85.9 Å². The summed E-state index contributed by atoms with van der Waals surface area (Å²) in [6.45, 7) is 2.13. The van der Waals surface area contributed by atoms with Crippen LogP contribution in [-0.4, -0.2) is 38.0 Å². The van der Waals surface area contributed by atoms with Gasteiger partial charge < -0.3 is 9.67 Å². The van der Waals surface area contributed by atoms with Gasteiger partial charge in [-0.25, -0.2) is 0 Å². The van der Waals surface area contributed by atoms with Crippen molar-refractivity contribution in [3.63, 3.8) is 0 Å². The molecule has 2 amide bonds. The molecule has 1 fully saturated rings. The van der Waals surface area contributed by atoms with Crippen LogP contribution in [0, 0.1) is 0 Å². The van der Waals surface area contributed by atoms with E-state index in [0.717, 1.165) is 5.69 Å². The fourth-order valence-electron chi connectivity index (χ4n) is 3.38. The quantitative estimate of drug-likeness (QED) is 0.363. The highest BCUT2D eigenvalue weighted by Crippen LogP contribution is 2.28. The number of carbonyl (C=O) groups is 2. The number of rotatable bonds is 4. The molecule has 0 radical (unpaired) electrons. The lowest BCUT2D eigenvalue weighted by molar-refractivity contribution is -0.127. The zero-order chi connectivity index (χ0) is 22.1. The maximum atomic E-state index is 13.4. The Labute approximate surface area is 189 Å². The summed E-state index contributed by atoms with van der Waals surface area (Å²) in [6, 6.07) is 17.0. The number of phenols is 1. The van der Waals surface area contributed by atoms with Crippen molar-refractivity contribution in [3.8, 4) is 11.4 Å². The van der Waals surface area contributed by atoms with Gasteiger partial charge in [0.1, 0.15) is 11.3 Å². The monoisotopic (exact) mass is 451 g/mol. The largest absolute Gasteiger partial charge is 0.508 e. The summed E-state index contributed by atoms with van der Waals surface area (Å²) < 4.78 is 1.82. The van der Waals surface area contributed by atoms with Crippen molar-refractivity contribution in [1.82, 2.24) is 9.47 Å². The van der Waals surface area contributed by atoms with Crippen LogP contribution in [0.1, 0.15) is 12.6 Å². The highest BCUT2D eigenvalue weighted by Gasteiger charge is 2.39. The fourth-order valence-corrected chi connectivity index (χ4v) is 3.91. The zero-order valence-corrected chi connectivity index (χ0v) is 18.1. The molecular formula is C23H18ClN3O3S. The van der Waals surface area contributed by atoms with Crippen molar-refractivity contribution in [2.45, 2.75) is 6.92 Å². The minimum atomic E-state index is -0.500. The second-order valence-corrected chi connectivity index (χ2v) is 7.63. The lowest BCUT2D eigenvalue weighted by atomic mass is 10.1. The maximum absolute atomic E-state index is 13.4. The van der Waals surface area contributed by atoms with E-state index in [1.807, 2.05) is 16.8 Å². The number of likely N-dealkylation sites (N-methyl/N-ethyl adjacent to an activating group) is 1. The Balaban J connectivity index is 1.79. The highest BCUT2D eigenvalue weighted by atomic mass is 35.5. The van der Waals surface area contributed by atoms with Crippen LogP contribution in [0.15, 0.2) is 72.4 Å². The molecule has 0 aliphatic carbocycles. The number of aromatic hydroxyl groups is 1. The minimum absolute atomic E-state index is 0.00382. The topological polar surface area (TPSA) is 65.8 Å². The van der Waals surface area contributed by atoms with E-state index in [0.29, 0.717) is 22.9 Å². The van der Waals surface area contributed by atoms with Gasteiger partial charge in [-0.1, -0.05) is 11.6 Å². The van der Waals surface area contributed by atoms with Gasteiger partial charge in [0.25, 0.3) is 11.8 Å². The van der Waals surface area contributed by atoms with E-state index in [2.05, 4.69) is 0 Å². The molecule has 1 saturated heterocycles. The van der Waals surface area contributed by atoms with Crippen molar-refractivity contribution in [2.24, 2.45) is 0 Å². The highest BCUT2D eigenvalue weighted by molar-refractivity contribution is 7.80. The molecule has 0 spiro atoms. The van der Waals surface area contributed by atoms with Gasteiger partial charge in [0, 0.05) is 29.1 Å². The Kier molecular flexibility index (Phi) is 5.63. The summed E-state index contributed by atoms with van der Waals surface area (Å²) in [5.74, 6) is -0.791. The van der Waals surface area contributed by atoms with Crippen LogP contribution in [0.25, 0.3) is 11.8 Å². The smallest absolute Gasteiger partial charge is 0.270 e. The average molecular weight is 452 g/mol. The molecule has 1 aromatic heterocycles. The minimum Gasteiger partial charge on any atom is -0.508 e. The molecule has 31 heavy (non-hydrogen) atoms. The summed E-state index contributed by atoms with van der Waals surface area (Å²) >= 11 is 11.4. The molecule has 1 aliphatic heterocycles. The standard InChI is InChI=1S/C23H18ClN3O3S/c1-2-25-21(29)20(22(30)27(23(25)31)17-7-5-15(24)6-8-17)14-18-4-3-13-26(18)16-9-11-19(28)12-10-16/h3-14,28H,2H2,1H3/b20-14+. The van der Waals surface area contributed by atoms with Crippen LogP contribution in [0.5, 0.6) is 5.75 Å². The number of aromatic nitrogens is 1. The number of anilines is 1. The van der Waals surface area contributed by atoms with E-state index in [9.17, 15) is 14.7 Å². The van der Waals surface area contributed by atoms with Gasteiger partial charge in [0.05, 0.1) is 5.69 Å². The molecule has 6 nitrogen and oxygen atoms in total. The second-order valence-electron chi connectivity index (χ2n) is 6.83. The summed E-state index contributed by atoms with van der Waals surface area (Å²) in [7, 11) is 0. The number of nitrogens with zero attached hydrogens (tertiary/aromatic N) is 3. The van der Waals surface area contributed by atoms with E-state index in [1.165, 1.54) is 9.80 Å². The summed E-state index contributed by atoms with van der Waals surface area (Å²) in [4.78, 5) is 29.2. The number of phenolic OH excluding ortho intramolecular Hbond substituents is 1. The molecule has 2 aromatic carbocycles. The zero-order valence-electron chi connectivity index (χ0n) is 16.5. The first kappa shape index (κ1) is 20.8. The molecule has 0 bridgehead atoms. The van der Waals surface area contributed by atoms with Crippen molar-refractivity contribution in [1.29, 1.82) is 0 Å². The van der Waals surface area contributed by atoms with Gasteiger partial charge in [0.15, 0.2) is 5.11 Å². The lowest BCUT2D eigenvalue weighted by Crippen LogP contribution is -2.56. The first-order chi connectivity index (χ1) is 14.9. The van der Waals surface area contributed by atoms with Gasteiger partial charge in [-0.3, -0.25) is 19.4 Å². The average Bonchev–Trinajstić information content (AvgIpc) is 3.22. The Morgan fingerprint density at radius 3 is 2.26 bits per heavy atom. The molecule has 2 heterocycles. The number of amides is 2. The number of hydrogen-bond donors (Lipinski definition) is 1. The summed E-state index contributed by atoms with van der Waals surface area (Å²) in [5, 5.41) is 10.2. The molecule has 8 heteroatoms. The number of carbonyl (C=O) groups excluding carboxylic acids is 2. The van der Waals surface area contributed by atoms with Crippen LogP contribution >= 0.6 is 23.8 Å². The van der Waals surface area contributed by atoms with Gasteiger partial charge in [-0.15, -0.1) is 0 Å². The molecule has 156 valence electrons. The van der Waals surface area contributed by atoms with E-state index >= 15 is 0 Å². The van der Waals surface area contributed by atoms with Crippen molar-refractivity contribution in [3.05, 3.63) is 83.2 Å². The van der Waals surface area contributed by atoms with Crippen LogP contribution in [-0.2, 0) is 9.59 Å². The third kappa shape index (κ3) is 3.85. The number of hydrogen-bond acceptors (Lipinski definition) is 4. The Bertz CT molecular complexity index is 1200. The molecule has 4 rings (SSSR count). The number of halogens is 1. The third-order valence-corrected chi connectivity index (χ3v) is 5.59. The molecule has 1 aliphatic rings. The van der Waals surface area contributed by atoms with Crippen molar-refractivity contribution in [2.75, 3.05) is 11.4 Å². The summed E-state index contributed by atoms with van der Waals surface area (Å²) in [6.07, 6.45) is 3.38. The van der Waals surface area contributed by atoms with Gasteiger partial charge in [0.2, 0.25) is 0 Å². The Morgan fingerprint density at radius 1 is 0.968 bits per heavy atom. The third-order valence-electron chi connectivity index (χ3n) is 4.93. The van der Waals surface area contributed by atoms with E-state index < -0.39 is 11.8 Å². The van der Waals surface area contributed by atoms with Gasteiger partial charge >= 0.3 is 0 Å². The van der Waals surface area contributed by atoms with Crippen LogP contribution in [0.3, 0.4) is 0 Å². The molecule has 3 aromatic rings. The SMILES string of the molecule is CCN1C(=O)/C(=C\c2cccn2-c2ccc(O)cc2)C(=O)N(c2ccc(Cl)cc2)C1=S. The number of benzene rings is 2. The van der Waals surface area contributed by atoms with E-state index in [-0.39, 0.29) is 16.4 Å². The first-order valence-electron chi connectivity index (χ1n) is 9.55. The predicted octanol–water partition coefficient (Wildman–Crippen LogP) is 4.40. The van der Waals surface area contributed by atoms with Crippen molar-refractivity contribution >= 4 is 52.5 Å². The second kappa shape index (κ2) is 8.37. The normalized spacial score (nSPS) is 15.8. The van der Waals surface area contributed by atoms with Crippen LogP contribution in [0.4, 0.5) is 5.69 Å². The molecule has 1 N–H and O–H groups in total. The van der Waals surface area contributed by atoms with Crippen LogP contribution < -0.4 is 4.90 Å². The molecule has 0 unspecified atom stereocenters. The van der Waals surface area contributed by atoms with Crippen molar-refractivity contribution < 1.29 is 14.7 Å². The Morgan fingerprint density at radius 2 is 1.61 bits per heavy atom. The molecular weight excluding hydrogens is 434 g/mol. The maximum Gasteiger partial charge on any atom is 0.270 e. The fraction of sp³-hybridized carbons (Fsp3) is 0.0870.